The van der Waals surface area contributed by atoms with Crippen molar-refractivity contribution in [1.82, 2.24) is 14.3 Å². The van der Waals surface area contributed by atoms with Crippen LogP contribution in [0.3, 0.4) is 0 Å². The van der Waals surface area contributed by atoms with E-state index in [0.29, 0.717) is 35.5 Å². The van der Waals surface area contributed by atoms with Crippen LogP contribution in [-0.2, 0) is 9.53 Å². The van der Waals surface area contributed by atoms with Gasteiger partial charge < -0.3 is 14.4 Å². The summed E-state index contributed by atoms with van der Waals surface area (Å²) >= 11 is 0. The third-order valence-corrected chi connectivity index (χ3v) is 6.28. The van der Waals surface area contributed by atoms with Crippen LogP contribution in [0.4, 0.5) is 5.69 Å². The molecule has 0 spiro atoms. The monoisotopic (exact) mass is 486 g/mol. The van der Waals surface area contributed by atoms with Gasteiger partial charge in [0.25, 0.3) is 5.56 Å². The summed E-state index contributed by atoms with van der Waals surface area (Å²) in [6.45, 7) is 2.61. The van der Waals surface area contributed by atoms with Crippen LogP contribution in [0, 0.1) is 0 Å². The maximum Gasteiger partial charge on any atom is 0.359 e. The Balaban J connectivity index is 1.62. The summed E-state index contributed by atoms with van der Waals surface area (Å²) in [5.41, 5.74) is 2.03. The lowest BCUT2D eigenvalue weighted by Crippen LogP contribution is -2.35. The number of nitrogens with zero attached hydrogens (tertiary/aromatic N) is 4. The highest BCUT2D eigenvalue weighted by Crippen LogP contribution is 2.25. The predicted molar refractivity (Wildman–Crippen MR) is 135 cm³/mol. The number of amides is 1. The standard InChI is InChI=1S/C27H26N4O5/c1-3-36-27(34)24-22-15-17-30(19-9-7-18(8-10-19)29-16-5-4-6-23(29)32)26(33)25(22)31(28-24)20-11-13-21(35-2)14-12-20/h7-15,17H,3-6,16H2,1-2H3. The largest absolute Gasteiger partial charge is 0.497 e. The molecule has 1 amide bonds. The average Bonchev–Trinajstić information content (AvgIpc) is 3.30. The minimum absolute atomic E-state index is 0.0749. The van der Waals surface area contributed by atoms with Crippen LogP contribution in [0.5, 0.6) is 5.75 Å². The van der Waals surface area contributed by atoms with Gasteiger partial charge in [0, 0.05) is 35.9 Å². The van der Waals surface area contributed by atoms with Crippen molar-refractivity contribution >= 4 is 28.5 Å². The molecule has 1 saturated heterocycles. The Bertz CT molecular complexity index is 1490. The van der Waals surface area contributed by atoms with Gasteiger partial charge in [0.1, 0.15) is 11.3 Å². The third-order valence-electron chi connectivity index (χ3n) is 6.28. The number of piperidine rings is 1. The van der Waals surface area contributed by atoms with Crippen molar-refractivity contribution in [3.8, 4) is 17.1 Å². The van der Waals surface area contributed by atoms with Crippen molar-refractivity contribution in [3.63, 3.8) is 0 Å². The van der Waals surface area contributed by atoms with E-state index >= 15 is 0 Å². The summed E-state index contributed by atoms with van der Waals surface area (Å²) in [6, 6.07) is 16.1. The molecule has 0 radical (unpaired) electrons. The molecule has 0 saturated carbocycles. The third kappa shape index (κ3) is 4.13. The predicted octanol–water partition coefficient (Wildman–Crippen LogP) is 3.88. The molecular formula is C27H26N4O5. The van der Waals surface area contributed by atoms with Crippen LogP contribution in [0.1, 0.15) is 36.7 Å². The number of rotatable bonds is 6. The van der Waals surface area contributed by atoms with Gasteiger partial charge in [-0.1, -0.05) is 0 Å². The Morgan fingerprint density at radius 3 is 2.31 bits per heavy atom. The molecule has 36 heavy (non-hydrogen) atoms. The van der Waals surface area contributed by atoms with Crippen molar-refractivity contribution in [2.75, 3.05) is 25.2 Å². The van der Waals surface area contributed by atoms with Crippen molar-refractivity contribution in [1.29, 1.82) is 0 Å². The Kier molecular flexibility index (Phi) is 6.28. The summed E-state index contributed by atoms with van der Waals surface area (Å²) in [4.78, 5) is 40.4. The van der Waals surface area contributed by atoms with Crippen LogP contribution < -0.4 is 15.2 Å². The van der Waals surface area contributed by atoms with Gasteiger partial charge in [-0.2, -0.15) is 5.10 Å². The lowest BCUT2D eigenvalue weighted by Gasteiger charge is -2.26. The second-order valence-corrected chi connectivity index (χ2v) is 8.45. The number of benzene rings is 2. The summed E-state index contributed by atoms with van der Waals surface area (Å²) in [5.74, 6) is 0.176. The molecule has 0 unspecified atom stereocenters. The molecule has 9 heteroatoms. The van der Waals surface area contributed by atoms with Crippen LogP contribution >= 0.6 is 0 Å². The summed E-state index contributed by atoms with van der Waals surface area (Å²) in [7, 11) is 1.57. The van der Waals surface area contributed by atoms with Crippen molar-refractivity contribution in [2.24, 2.45) is 0 Å². The summed E-state index contributed by atoms with van der Waals surface area (Å²) in [6.07, 6.45) is 4.06. The van der Waals surface area contributed by atoms with E-state index in [-0.39, 0.29) is 29.3 Å². The normalized spacial score (nSPS) is 13.7. The average molecular weight is 487 g/mol. The van der Waals surface area contributed by atoms with E-state index in [0.717, 1.165) is 18.5 Å². The molecule has 5 rings (SSSR count). The highest BCUT2D eigenvalue weighted by Gasteiger charge is 2.23. The molecule has 184 valence electrons. The number of fused-ring (bicyclic) bond motifs is 1. The first kappa shape index (κ1) is 23.3. The van der Waals surface area contributed by atoms with Gasteiger partial charge >= 0.3 is 5.97 Å². The maximum atomic E-state index is 13.7. The SMILES string of the molecule is CCOC(=O)c1nn(-c2ccc(OC)cc2)c2c(=O)n(-c3ccc(N4CCCCC4=O)cc3)ccc12. The number of aromatic nitrogens is 3. The molecule has 0 atom stereocenters. The molecule has 0 N–H and O–H groups in total. The van der Waals surface area contributed by atoms with Gasteiger partial charge in [0.05, 0.1) is 19.4 Å². The van der Waals surface area contributed by atoms with Gasteiger partial charge in [-0.15, -0.1) is 0 Å². The number of esters is 1. The fourth-order valence-corrected chi connectivity index (χ4v) is 4.46. The first-order chi connectivity index (χ1) is 17.5. The molecule has 0 bridgehead atoms. The molecule has 9 nitrogen and oxygen atoms in total. The smallest absolute Gasteiger partial charge is 0.359 e. The van der Waals surface area contributed by atoms with Gasteiger partial charge in [0.2, 0.25) is 5.91 Å². The lowest BCUT2D eigenvalue weighted by molar-refractivity contribution is -0.119. The number of hydrogen-bond donors (Lipinski definition) is 0. The zero-order chi connectivity index (χ0) is 25.2. The Hall–Kier alpha value is -4.40. The number of methoxy groups -OCH3 is 1. The Morgan fingerprint density at radius 2 is 1.64 bits per heavy atom. The molecule has 1 aliphatic rings. The van der Waals surface area contributed by atoms with Gasteiger partial charge in [-0.05, 0) is 74.4 Å². The van der Waals surface area contributed by atoms with Gasteiger partial charge in [-0.25, -0.2) is 9.48 Å². The zero-order valence-corrected chi connectivity index (χ0v) is 20.1. The minimum Gasteiger partial charge on any atom is -0.497 e. The highest BCUT2D eigenvalue weighted by atomic mass is 16.5. The van der Waals surface area contributed by atoms with Gasteiger partial charge in [0.15, 0.2) is 5.69 Å². The zero-order valence-electron chi connectivity index (χ0n) is 20.1. The second kappa shape index (κ2) is 9.69. The number of pyridine rings is 1. The van der Waals surface area contributed by atoms with Crippen LogP contribution in [-0.4, -0.2) is 46.5 Å². The molecule has 1 fully saturated rings. The number of ether oxygens (including phenoxy) is 2. The van der Waals surface area contributed by atoms with E-state index in [1.165, 1.54) is 9.25 Å². The van der Waals surface area contributed by atoms with E-state index in [4.69, 9.17) is 9.47 Å². The van der Waals surface area contributed by atoms with Gasteiger partial charge in [-0.3, -0.25) is 14.2 Å². The van der Waals surface area contributed by atoms with E-state index in [9.17, 15) is 14.4 Å². The van der Waals surface area contributed by atoms with Crippen molar-refractivity contribution in [3.05, 3.63) is 76.8 Å². The van der Waals surface area contributed by atoms with Crippen LogP contribution in [0.25, 0.3) is 22.3 Å². The Labute approximate surface area is 207 Å². The topological polar surface area (TPSA) is 95.7 Å². The maximum absolute atomic E-state index is 13.7. The van der Waals surface area contributed by atoms with Crippen LogP contribution in [0.2, 0.25) is 0 Å². The van der Waals surface area contributed by atoms with E-state index in [1.807, 2.05) is 24.3 Å². The second-order valence-electron chi connectivity index (χ2n) is 8.45. The molecular weight excluding hydrogens is 460 g/mol. The fraction of sp³-hybridized carbons (Fsp3) is 0.259. The fourth-order valence-electron chi connectivity index (χ4n) is 4.46. The molecule has 2 aromatic heterocycles. The number of anilines is 1. The molecule has 1 aliphatic heterocycles. The molecule has 3 heterocycles. The van der Waals surface area contributed by atoms with Crippen LogP contribution in [0.15, 0.2) is 65.6 Å². The molecule has 2 aromatic carbocycles. The highest BCUT2D eigenvalue weighted by molar-refractivity contribution is 6.02. The number of hydrogen-bond acceptors (Lipinski definition) is 6. The first-order valence-electron chi connectivity index (χ1n) is 11.9. The van der Waals surface area contributed by atoms with Crippen molar-refractivity contribution in [2.45, 2.75) is 26.2 Å². The molecule has 0 aliphatic carbocycles. The lowest BCUT2D eigenvalue weighted by atomic mass is 10.1. The number of carbonyl (C=O) groups is 2. The van der Waals surface area contributed by atoms with E-state index < -0.39 is 5.97 Å². The van der Waals surface area contributed by atoms with Crippen molar-refractivity contribution < 1.29 is 19.1 Å². The number of carbonyl (C=O) groups excluding carboxylic acids is 2. The van der Waals surface area contributed by atoms with E-state index in [1.54, 1.807) is 55.5 Å². The first-order valence-corrected chi connectivity index (χ1v) is 11.9. The minimum atomic E-state index is -0.595. The summed E-state index contributed by atoms with van der Waals surface area (Å²) in [5, 5.41) is 4.86. The summed E-state index contributed by atoms with van der Waals surface area (Å²) < 4.78 is 13.4. The Morgan fingerprint density at radius 1 is 0.944 bits per heavy atom. The van der Waals surface area contributed by atoms with E-state index in [2.05, 4.69) is 5.10 Å². The quantitative estimate of drug-likeness (QED) is 0.384. The molecule has 4 aromatic rings.